The molecule has 1 aliphatic heterocycles. The van der Waals surface area contributed by atoms with Gasteiger partial charge in [-0.25, -0.2) is 8.42 Å². The van der Waals surface area contributed by atoms with Gasteiger partial charge in [0.05, 0.1) is 9.82 Å². The summed E-state index contributed by atoms with van der Waals surface area (Å²) in [4.78, 5) is 10.4. The second-order valence-electron chi connectivity index (χ2n) is 5.20. The summed E-state index contributed by atoms with van der Waals surface area (Å²) in [5.74, 6) is 0. The summed E-state index contributed by atoms with van der Waals surface area (Å²) in [6.07, 6.45) is 1.70. The van der Waals surface area contributed by atoms with Crippen LogP contribution in [0.5, 0.6) is 0 Å². The van der Waals surface area contributed by atoms with Crippen LogP contribution in [0.25, 0.3) is 0 Å². The molecule has 0 amide bonds. The number of likely N-dealkylation sites (N-methyl/N-ethyl adjacent to an activating group) is 1. The highest BCUT2D eigenvalue weighted by Crippen LogP contribution is 2.26. The maximum Gasteiger partial charge on any atom is 0.273 e. The maximum atomic E-state index is 12.6. The van der Waals surface area contributed by atoms with E-state index in [1.165, 1.54) is 16.4 Å². The van der Waals surface area contributed by atoms with Gasteiger partial charge in [0, 0.05) is 30.8 Å². The number of hydrogen-bond donors (Lipinski definition) is 1. The fraction of sp³-hybridized carbons (Fsp3) is 0.538. The van der Waals surface area contributed by atoms with Gasteiger partial charge in [-0.3, -0.25) is 10.1 Å². The summed E-state index contributed by atoms with van der Waals surface area (Å²) in [5.41, 5.74) is 0.281. The predicted molar refractivity (Wildman–Crippen MR) is 78.7 cm³/mol. The number of benzene rings is 1. The largest absolute Gasteiger partial charge is 0.316 e. The Morgan fingerprint density at radius 3 is 2.76 bits per heavy atom. The third-order valence-corrected chi connectivity index (χ3v) is 5.67. The molecular formula is C13H19N3O4S. The molecule has 0 aliphatic carbocycles. The zero-order chi connectivity index (χ0) is 15.6. The summed E-state index contributed by atoms with van der Waals surface area (Å²) in [5, 5.41) is 14.0. The van der Waals surface area contributed by atoms with Crippen molar-refractivity contribution in [3.05, 3.63) is 33.9 Å². The minimum atomic E-state index is -3.69. The number of sulfonamides is 1. The van der Waals surface area contributed by atoms with Crippen molar-refractivity contribution in [2.45, 2.75) is 30.7 Å². The molecule has 7 nitrogen and oxygen atoms in total. The summed E-state index contributed by atoms with van der Waals surface area (Å²) >= 11 is 0. The molecule has 1 heterocycles. The first-order chi connectivity index (χ1) is 9.86. The van der Waals surface area contributed by atoms with Crippen molar-refractivity contribution >= 4 is 15.7 Å². The lowest BCUT2D eigenvalue weighted by Gasteiger charge is -2.31. The molecule has 116 valence electrons. The Balaban J connectivity index is 2.35. The number of nitro benzene ring substituents is 1. The number of aryl methyl sites for hydroxylation is 1. The van der Waals surface area contributed by atoms with Crippen LogP contribution >= 0.6 is 0 Å². The van der Waals surface area contributed by atoms with Gasteiger partial charge in [-0.2, -0.15) is 4.31 Å². The van der Waals surface area contributed by atoms with Crippen LogP contribution in [0.4, 0.5) is 5.69 Å². The van der Waals surface area contributed by atoms with Crippen LogP contribution < -0.4 is 5.32 Å². The van der Waals surface area contributed by atoms with E-state index in [-0.39, 0.29) is 16.6 Å². The van der Waals surface area contributed by atoms with Gasteiger partial charge >= 0.3 is 0 Å². The van der Waals surface area contributed by atoms with Gasteiger partial charge < -0.3 is 5.32 Å². The lowest BCUT2D eigenvalue weighted by atomic mass is 10.1. The van der Waals surface area contributed by atoms with Crippen molar-refractivity contribution in [3.63, 3.8) is 0 Å². The van der Waals surface area contributed by atoms with Crippen LogP contribution in [-0.2, 0) is 10.0 Å². The molecular weight excluding hydrogens is 294 g/mol. The summed E-state index contributed by atoms with van der Waals surface area (Å²) < 4.78 is 26.6. The monoisotopic (exact) mass is 313 g/mol. The van der Waals surface area contributed by atoms with Crippen LogP contribution in [0, 0.1) is 17.0 Å². The van der Waals surface area contributed by atoms with Crippen molar-refractivity contribution < 1.29 is 13.3 Å². The first kappa shape index (κ1) is 15.9. The number of hydrogen-bond acceptors (Lipinski definition) is 5. The Morgan fingerprint density at radius 2 is 2.14 bits per heavy atom. The van der Waals surface area contributed by atoms with Gasteiger partial charge in [0.2, 0.25) is 10.0 Å². The Hall–Kier alpha value is -1.51. The zero-order valence-corrected chi connectivity index (χ0v) is 12.9. The van der Waals surface area contributed by atoms with Gasteiger partial charge in [0.1, 0.15) is 0 Å². The highest BCUT2D eigenvalue weighted by molar-refractivity contribution is 7.89. The zero-order valence-electron chi connectivity index (χ0n) is 12.1. The van der Waals surface area contributed by atoms with E-state index in [0.29, 0.717) is 18.7 Å². The number of rotatable bonds is 4. The third-order valence-electron chi connectivity index (χ3n) is 3.81. The van der Waals surface area contributed by atoms with Gasteiger partial charge in [0.15, 0.2) is 0 Å². The van der Waals surface area contributed by atoms with Crippen molar-refractivity contribution in [2.75, 3.05) is 20.1 Å². The molecule has 21 heavy (non-hydrogen) atoms. The van der Waals surface area contributed by atoms with E-state index in [1.54, 1.807) is 14.0 Å². The van der Waals surface area contributed by atoms with Crippen LogP contribution in [-0.4, -0.2) is 43.8 Å². The molecule has 1 unspecified atom stereocenters. The molecule has 1 aromatic carbocycles. The maximum absolute atomic E-state index is 12.6. The highest BCUT2D eigenvalue weighted by atomic mass is 32.2. The summed E-state index contributed by atoms with van der Waals surface area (Å²) in [7, 11) is -1.89. The van der Waals surface area contributed by atoms with Gasteiger partial charge in [-0.05, 0) is 32.9 Å². The van der Waals surface area contributed by atoms with Gasteiger partial charge in [-0.1, -0.05) is 6.07 Å². The average molecular weight is 313 g/mol. The fourth-order valence-electron chi connectivity index (χ4n) is 2.49. The lowest BCUT2D eigenvalue weighted by Crippen LogP contribution is -2.46. The Kier molecular flexibility index (Phi) is 4.60. The van der Waals surface area contributed by atoms with Gasteiger partial charge in [-0.15, -0.1) is 0 Å². The molecule has 0 bridgehead atoms. The van der Waals surface area contributed by atoms with E-state index in [0.717, 1.165) is 18.9 Å². The van der Waals surface area contributed by atoms with E-state index in [4.69, 9.17) is 0 Å². The molecule has 1 atom stereocenters. The quantitative estimate of drug-likeness (QED) is 0.667. The van der Waals surface area contributed by atoms with Gasteiger partial charge in [0.25, 0.3) is 5.69 Å². The first-order valence-corrected chi connectivity index (χ1v) is 8.22. The minimum absolute atomic E-state index is 0.0171. The third kappa shape index (κ3) is 3.22. The van der Waals surface area contributed by atoms with E-state index in [9.17, 15) is 18.5 Å². The SMILES string of the molecule is CNC1CCCN(S(=O)(=O)c2ccc(C)c([N+](=O)[O-])c2)C1. The standard InChI is InChI=1S/C13H19N3O4S/c1-10-5-6-12(8-13(10)16(17)18)21(19,20)15-7-3-4-11(9-15)14-2/h5-6,8,11,14H,3-4,7,9H2,1-2H3. The van der Waals surface area contributed by atoms with E-state index < -0.39 is 14.9 Å². The molecule has 0 saturated carbocycles. The van der Waals surface area contributed by atoms with E-state index in [2.05, 4.69) is 5.32 Å². The number of nitrogens with one attached hydrogen (secondary N) is 1. The Morgan fingerprint density at radius 1 is 1.43 bits per heavy atom. The lowest BCUT2D eigenvalue weighted by molar-refractivity contribution is -0.385. The number of nitro groups is 1. The second kappa shape index (κ2) is 6.08. The molecule has 1 saturated heterocycles. The summed E-state index contributed by atoms with van der Waals surface area (Å²) in [6, 6.07) is 4.17. The molecule has 0 radical (unpaired) electrons. The highest BCUT2D eigenvalue weighted by Gasteiger charge is 2.30. The molecule has 0 aromatic heterocycles. The van der Waals surface area contributed by atoms with Crippen LogP contribution in [0.15, 0.2) is 23.1 Å². The van der Waals surface area contributed by atoms with Crippen molar-refractivity contribution in [3.8, 4) is 0 Å². The Bertz CT molecular complexity index is 645. The Labute approximate surface area is 124 Å². The minimum Gasteiger partial charge on any atom is -0.316 e. The van der Waals surface area contributed by atoms with Crippen LogP contribution in [0.2, 0.25) is 0 Å². The van der Waals surface area contributed by atoms with Crippen LogP contribution in [0.1, 0.15) is 18.4 Å². The predicted octanol–water partition coefficient (Wildman–Crippen LogP) is 1.28. The smallest absolute Gasteiger partial charge is 0.273 e. The fourth-order valence-corrected chi connectivity index (χ4v) is 4.04. The van der Waals surface area contributed by atoms with Crippen molar-refractivity contribution in [1.82, 2.24) is 9.62 Å². The normalized spacial score (nSPS) is 20.4. The van der Waals surface area contributed by atoms with E-state index >= 15 is 0 Å². The molecule has 1 N–H and O–H groups in total. The van der Waals surface area contributed by atoms with Crippen molar-refractivity contribution in [1.29, 1.82) is 0 Å². The van der Waals surface area contributed by atoms with E-state index in [1.807, 2.05) is 0 Å². The molecule has 1 fully saturated rings. The number of piperidine rings is 1. The second-order valence-corrected chi connectivity index (χ2v) is 7.13. The van der Waals surface area contributed by atoms with Crippen molar-refractivity contribution in [2.24, 2.45) is 0 Å². The molecule has 8 heteroatoms. The molecule has 1 aliphatic rings. The molecule has 1 aromatic rings. The molecule has 0 spiro atoms. The first-order valence-electron chi connectivity index (χ1n) is 6.78. The van der Waals surface area contributed by atoms with Crippen LogP contribution in [0.3, 0.4) is 0 Å². The summed E-state index contributed by atoms with van der Waals surface area (Å²) in [6.45, 7) is 2.43. The topological polar surface area (TPSA) is 92.6 Å². The molecule has 2 rings (SSSR count). The number of nitrogens with zero attached hydrogens (tertiary/aromatic N) is 2. The average Bonchev–Trinajstić information content (AvgIpc) is 2.47.